The summed E-state index contributed by atoms with van der Waals surface area (Å²) in [6.45, 7) is 9.21. The van der Waals surface area contributed by atoms with Gasteiger partial charge in [0.05, 0.1) is 0 Å². The molecular weight excluding hydrogens is 122 g/mol. The predicted molar refractivity (Wildman–Crippen MR) is 47.2 cm³/mol. The fraction of sp³-hybridized carbons (Fsp3) is 1.00. The molecule has 0 bridgehead atoms. The fourth-order valence-corrected chi connectivity index (χ4v) is 1.12. The van der Waals surface area contributed by atoms with Crippen molar-refractivity contribution in [1.82, 2.24) is 4.90 Å². The molecule has 0 amide bonds. The van der Waals surface area contributed by atoms with E-state index in [0.29, 0.717) is 0 Å². The maximum absolute atomic E-state index is 2.39. The van der Waals surface area contributed by atoms with E-state index in [1.54, 1.807) is 0 Å². The van der Waals surface area contributed by atoms with Crippen LogP contribution in [-0.4, -0.2) is 25.0 Å². The number of nitrogens with zero attached hydrogens (tertiary/aromatic N) is 1. The van der Waals surface area contributed by atoms with Crippen molar-refractivity contribution >= 4 is 0 Å². The van der Waals surface area contributed by atoms with E-state index in [-0.39, 0.29) is 0 Å². The summed E-state index contributed by atoms with van der Waals surface area (Å²) in [7, 11) is 2.19. The first-order valence-corrected chi connectivity index (χ1v) is 4.43. The van der Waals surface area contributed by atoms with Crippen molar-refractivity contribution in [2.24, 2.45) is 5.92 Å². The Kier molecular flexibility index (Phi) is 5.70. The normalized spacial score (nSPS) is 11.4. The molecule has 10 heavy (non-hydrogen) atoms. The first-order valence-electron chi connectivity index (χ1n) is 4.43. The standard InChI is InChI=1S/C9H21N/c1-5-9(6-2)8-10(4)7-3/h9H,5-8H2,1-4H3. The molecule has 0 rings (SSSR count). The van der Waals surface area contributed by atoms with Gasteiger partial charge in [-0.1, -0.05) is 33.6 Å². The first kappa shape index (κ1) is 9.96. The van der Waals surface area contributed by atoms with E-state index in [1.165, 1.54) is 25.9 Å². The summed E-state index contributed by atoms with van der Waals surface area (Å²) >= 11 is 0. The maximum atomic E-state index is 2.39. The van der Waals surface area contributed by atoms with Gasteiger partial charge in [0.25, 0.3) is 0 Å². The zero-order valence-corrected chi connectivity index (χ0v) is 7.85. The van der Waals surface area contributed by atoms with Crippen molar-refractivity contribution < 1.29 is 0 Å². The molecule has 0 aromatic carbocycles. The third-order valence-corrected chi connectivity index (χ3v) is 2.26. The van der Waals surface area contributed by atoms with Gasteiger partial charge in [-0.05, 0) is 19.5 Å². The summed E-state index contributed by atoms with van der Waals surface area (Å²) in [4.78, 5) is 2.39. The molecule has 1 nitrogen and oxygen atoms in total. The molecule has 0 aliphatic rings. The minimum absolute atomic E-state index is 0.907. The van der Waals surface area contributed by atoms with Crippen LogP contribution in [0.5, 0.6) is 0 Å². The lowest BCUT2D eigenvalue weighted by Gasteiger charge is -2.20. The van der Waals surface area contributed by atoms with Crippen LogP contribution in [0.1, 0.15) is 33.6 Å². The molecule has 0 atom stereocenters. The van der Waals surface area contributed by atoms with E-state index in [4.69, 9.17) is 0 Å². The SMILES string of the molecule is CCC(CC)CN(C)CC. The van der Waals surface area contributed by atoms with Gasteiger partial charge in [0.2, 0.25) is 0 Å². The minimum Gasteiger partial charge on any atom is -0.306 e. The number of hydrogen-bond donors (Lipinski definition) is 0. The van der Waals surface area contributed by atoms with Crippen molar-refractivity contribution in [3.63, 3.8) is 0 Å². The van der Waals surface area contributed by atoms with Gasteiger partial charge in [0.1, 0.15) is 0 Å². The molecule has 0 saturated heterocycles. The van der Waals surface area contributed by atoms with Crippen molar-refractivity contribution in [3.05, 3.63) is 0 Å². The maximum Gasteiger partial charge on any atom is 0.000629 e. The molecule has 0 heterocycles. The summed E-state index contributed by atoms with van der Waals surface area (Å²) < 4.78 is 0. The third-order valence-electron chi connectivity index (χ3n) is 2.26. The third kappa shape index (κ3) is 3.89. The Morgan fingerprint density at radius 3 is 1.90 bits per heavy atom. The second-order valence-electron chi connectivity index (χ2n) is 3.04. The molecule has 0 N–H and O–H groups in total. The molecule has 0 radical (unpaired) electrons. The Bertz CT molecular complexity index is 67.1. The molecule has 0 aliphatic heterocycles. The molecule has 0 unspecified atom stereocenters. The van der Waals surface area contributed by atoms with Gasteiger partial charge in [0, 0.05) is 6.54 Å². The number of rotatable bonds is 5. The highest BCUT2D eigenvalue weighted by atomic mass is 15.1. The molecule has 0 fully saturated rings. The summed E-state index contributed by atoms with van der Waals surface area (Å²) in [5.41, 5.74) is 0. The van der Waals surface area contributed by atoms with Crippen LogP contribution in [0.25, 0.3) is 0 Å². The van der Waals surface area contributed by atoms with Crippen LogP contribution in [0.4, 0.5) is 0 Å². The molecule has 0 aliphatic carbocycles. The molecule has 0 spiro atoms. The summed E-state index contributed by atoms with van der Waals surface area (Å²) in [6, 6.07) is 0. The van der Waals surface area contributed by atoms with Crippen LogP contribution in [0.2, 0.25) is 0 Å². The summed E-state index contributed by atoms with van der Waals surface area (Å²) in [5.74, 6) is 0.907. The van der Waals surface area contributed by atoms with Gasteiger partial charge in [-0.25, -0.2) is 0 Å². The molecule has 0 saturated carbocycles. The predicted octanol–water partition coefficient (Wildman–Crippen LogP) is 2.37. The minimum atomic E-state index is 0.907. The van der Waals surface area contributed by atoms with E-state index in [9.17, 15) is 0 Å². The average molecular weight is 143 g/mol. The lowest BCUT2D eigenvalue weighted by Crippen LogP contribution is -2.24. The van der Waals surface area contributed by atoms with Crippen LogP contribution in [0, 0.1) is 5.92 Å². The van der Waals surface area contributed by atoms with Crippen LogP contribution in [0.15, 0.2) is 0 Å². The van der Waals surface area contributed by atoms with Crippen LogP contribution >= 0.6 is 0 Å². The van der Waals surface area contributed by atoms with Crippen LogP contribution < -0.4 is 0 Å². The smallest absolute Gasteiger partial charge is 0.000629 e. The highest BCUT2D eigenvalue weighted by Gasteiger charge is 2.04. The fourth-order valence-electron chi connectivity index (χ4n) is 1.12. The van der Waals surface area contributed by atoms with Crippen molar-refractivity contribution in [2.75, 3.05) is 20.1 Å². The zero-order chi connectivity index (χ0) is 7.98. The Hall–Kier alpha value is -0.0400. The molecule has 1 heteroatoms. The number of hydrogen-bond acceptors (Lipinski definition) is 1. The zero-order valence-electron chi connectivity index (χ0n) is 7.85. The van der Waals surface area contributed by atoms with E-state index < -0.39 is 0 Å². The monoisotopic (exact) mass is 143 g/mol. The largest absolute Gasteiger partial charge is 0.306 e. The molecular formula is C9H21N. The molecule has 62 valence electrons. The van der Waals surface area contributed by atoms with E-state index in [1.807, 2.05) is 0 Å². The van der Waals surface area contributed by atoms with E-state index >= 15 is 0 Å². The first-order chi connectivity index (χ1) is 4.74. The quantitative estimate of drug-likeness (QED) is 0.571. The van der Waals surface area contributed by atoms with Gasteiger partial charge < -0.3 is 4.90 Å². The van der Waals surface area contributed by atoms with Gasteiger partial charge in [-0.15, -0.1) is 0 Å². The van der Waals surface area contributed by atoms with Crippen LogP contribution in [-0.2, 0) is 0 Å². The van der Waals surface area contributed by atoms with E-state index in [0.717, 1.165) is 5.92 Å². The van der Waals surface area contributed by atoms with Crippen molar-refractivity contribution in [3.8, 4) is 0 Å². The van der Waals surface area contributed by atoms with Crippen LogP contribution in [0.3, 0.4) is 0 Å². The Balaban J connectivity index is 3.41. The Morgan fingerprint density at radius 2 is 1.60 bits per heavy atom. The van der Waals surface area contributed by atoms with Crippen molar-refractivity contribution in [2.45, 2.75) is 33.6 Å². The lowest BCUT2D eigenvalue weighted by molar-refractivity contribution is 0.278. The lowest BCUT2D eigenvalue weighted by atomic mass is 10.0. The topological polar surface area (TPSA) is 3.24 Å². The summed E-state index contributed by atoms with van der Waals surface area (Å²) in [5, 5.41) is 0. The molecule has 0 aromatic heterocycles. The second kappa shape index (κ2) is 5.72. The van der Waals surface area contributed by atoms with E-state index in [2.05, 4.69) is 32.7 Å². The molecule has 0 aromatic rings. The van der Waals surface area contributed by atoms with Gasteiger partial charge in [0.15, 0.2) is 0 Å². The summed E-state index contributed by atoms with van der Waals surface area (Å²) in [6.07, 6.45) is 2.64. The van der Waals surface area contributed by atoms with Gasteiger partial charge in [-0.3, -0.25) is 0 Å². The Labute approximate surface area is 65.4 Å². The highest BCUT2D eigenvalue weighted by Crippen LogP contribution is 2.07. The van der Waals surface area contributed by atoms with Crippen molar-refractivity contribution in [1.29, 1.82) is 0 Å². The Morgan fingerprint density at radius 1 is 1.10 bits per heavy atom. The van der Waals surface area contributed by atoms with Gasteiger partial charge >= 0.3 is 0 Å². The second-order valence-corrected chi connectivity index (χ2v) is 3.04. The highest BCUT2D eigenvalue weighted by molar-refractivity contribution is 4.58. The average Bonchev–Trinajstić information content (AvgIpc) is 1.99. The van der Waals surface area contributed by atoms with Gasteiger partial charge in [-0.2, -0.15) is 0 Å².